The fourth-order valence-electron chi connectivity index (χ4n) is 2.08. The number of aromatic amines is 1. The van der Waals surface area contributed by atoms with Gasteiger partial charge in [0.25, 0.3) is 0 Å². The fourth-order valence-corrected chi connectivity index (χ4v) is 3.32. The minimum atomic E-state index is 0.294. The summed E-state index contributed by atoms with van der Waals surface area (Å²) >= 11 is 2.05. The van der Waals surface area contributed by atoms with E-state index in [0.29, 0.717) is 12.0 Å². The zero-order valence-corrected chi connectivity index (χ0v) is 10.1. The first-order valence-corrected chi connectivity index (χ1v) is 6.72. The van der Waals surface area contributed by atoms with E-state index in [-0.39, 0.29) is 0 Å². The Balaban J connectivity index is 2.12. The van der Waals surface area contributed by atoms with Crippen LogP contribution >= 0.6 is 11.8 Å². The highest BCUT2D eigenvalue weighted by Crippen LogP contribution is 2.36. The number of thioether (sulfide) groups is 1. The molecular weight excluding hydrogens is 206 g/mol. The molecule has 1 aromatic rings. The van der Waals surface area contributed by atoms with Gasteiger partial charge in [-0.2, -0.15) is 11.8 Å². The molecule has 0 saturated carbocycles. The van der Waals surface area contributed by atoms with Gasteiger partial charge in [0, 0.05) is 29.5 Å². The summed E-state index contributed by atoms with van der Waals surface area (Å²) in [6.45, 7) is 3.00. The summed E-state index contributed by atoms with van der Waals surface area (Å²) in [5.74, 6) is 3.54. The Kier molecular flexibility index (Phi) is 3.36. The van der Waals surface area contributed by atoms with Gasteiger partial charge in [-0.1, -0.05) is 6.92 Å². The molecule has 4 heteroatoms. The molecule has 0 amide bonds. The van der Waals surface area contributed by atoms with Crippen LogP contribution in [0.4, 0.5) is 0 Å². The maximum Gasteiger partial charge on any atom is 0.107 e. The van der Waals surface area contributed by atoms with Crippen LogP contribution in [0.25, 0.3) is 0 Å². The van der Waals surface area contributed by atoms with Gasteiger partial charge in [0.1, 0.15) is 5.82 Å². The van der Waals surface area contributed by atoms with Gasteiger partial charge in [-0.05, 0) is 25.1 Å². The highest BCUT2D eigenvalue weighted by atomic mass is 32.2. The Labute approximate surface area is 95.2 Å². The maximum absolute atomic E-state index is 5.52. The van der Waals surface area contributed by atoms with Crippen molar-refractivity contribution in [1.82, 2.24) is 9.97 Å². The molecule has 2 rings (SSSR count). The number of rotatable bonds is 3. The van der Waals surface area contributed by atoms with Crippen LogP contribution in [0.15, 0.2) is 6.20 Å². The standard InChI is InChI=1S/C11H19N3S/c1-11(4-2-6-15-8-11)9-7-13-10(14-9)3-5-12/h7H,2-6,8,12H2,1H3,(H,13,14). The molecule has 1 unspecified atom stereocenters. The second-order valence-corrected chi connectivity index (χ2v) is 5.60. The molecule has 1 aliphatic heterocycles. The summed E-state index contributed by atoms with van der Waals surface area (Å²) < 4.78 is 0. The topological polar surface area (TPSA) is 54.7 Å². The van der Waals surface area contributed by atoms with Crippen molar-refractivity contribution < 1.29 is 0 Å². The van der Waals surface area contributed by atoms with Gasteiger partial charge in [-0.25, -0.2) is 4.98 Å². The van der Waals surface area contributed by atoms with Crippen LogP contribution in [0.5, 0.6) is 0 Å². The number of nitrogens with two attached hydrogens (primary N) is 1. The van der Waals surface area contributed by atoms with Crippen LogP contribution in [0.2, 0.25) is 0 Å². The second-order valence-electron chi connectivity index (χ2n) is 4.50. The van der Waals surface area contributed by atoms with Gasteiger partial charge in [0.05, 0.1) is 0 Å². The minimum absolute atomic E-state index is 0.294. The van der Waals surface area contributed by atoms with Gasteiger partial charge in [-0.3, -0.25) is 0 Å². The molecule has 0 bridgehead atoms. The third-order valence-corrected chi connectivity index (χ3v) is 4.52. The van der Waals surface area contributed by atoms with Crippen molar-refractivity contribution in [2.75, 3.05) is 18.1 Å². The van der Waals surface area contributed by atoms with Gasteiger partial charge in [0.2, 0.25) is 0 Å². The average molecular weight is 225 g/mol. The van der Waals surface area contributed by atoms with Gasteiger partial charge >= 0.3 is 0 Å². The lowest BCUT2D eigenvalue weighted by Gasteiger charge is -2.31. The van der Waals surface area contributed by atoms with Crippen LogP contribution in [0.3, 0.4) is 0 Å². The first-order valence-electron chi connectivity index (χ1n) is 5.57. The maximum atomic E-state index is 5.52. The van der Waals surface area contributed by atoms with E-state index in [1.165, 1.54) is 30.0 Å². The van der Waals surface area contributed by atoms with Crippen molar-refractivity contribution in [3.8, 4) is 0 Å². The summed E-state index contributed by atoms with van der Waals surface area (Å²) in [6.07, 6.45) is 5.43. The third-order valence-electron chi connectivity index (χ3n) is 3.10. The first-order chi connectivity index (χ1) is 7.24. The molecule has 1 aliphatic rings. The van der Waals surface area contributed by atoms with Crippen molar-refractivity contribution in [3.05, 3.63) is 17.7 Å². The lowest BCUT2D eigenvalue weighted by Crippen LogP contribution is -2.29. The van der Waals surface area contributed by atoms with Crippen LogP contribution in [0.1, 0.15) is 31.3 Å². The molecule has 0 radical (unpaired) electrons. The zero-order chi connectivity index (χ0) is 10.7. The van der Waals surface area contributed by atoms with Crippen LogP contribution in [-0.4, -0.2) is 28.0 Å². The molecule has 3 N–H and O–H groups in total. The molecule has 1 atom stereocenters. The molecule has 0 aliphatic carbocycles. The number of nitrogens with one attached hydrogen (secondary N) is 1. The van der Waals surface area contributed by atoms with Gasteiger partial charge in [0.15, 0.2) is 0 Å². The van der Waals surface area contributed by atoms with Crippen LogP contribution < -0.4 is 5.73 Å². The molecule has 0 spiro atoms. The number of H-pyrrole nitrogens is 1. The Morgan fingerprint density at radius 1 is 1.67 bits per heavy atom. The Bertz CT molecular complexity index is 315. The number of aromatic nitrogens is 2. The lowest BCUT2D eigenvalue weighted by molar-refractivity contribution is 0.460. The molecule has 15 heavy (non-hydrogen) atoms. The molecule has 1 aromatic heterocycles. The van der Waals surface area contributed by atoms with Crippen LogP contribution in [-0.2, 0) is 11.8 Å². The number of hydrogen-bond acceptors (Lipinski definition) is 3. The Morgan fingerprint density at radius 3 is 3.20 bits per heavy atom. The van der Waals surface area contributed by atoms with E-state index in [1.54, 1.807) is 0 Å². The molecule has 84 valence electrons. The quantitative estimate of drug-likeness (QED) is 0.823. The molecule has 0 aromatic carbocycles. The van der Waals surface area contributed by atoms with Crippen molar-refractivity contribution >= 4 is 11.8 Å². The average Bonchev–Trinajstić information content (AvgIpc) is 2.69. The number of imidazole rings is 1. The normalized spacial score (nSPS) is 26.8. The molecule has 2 heterocycles. The smallest absolute Gasteiger partial charge is 0.107 e. The summed E-state index contributed by atoms with van der Waals surface area (Å²) in [4.78, 5) is 7.80. The predicted molar refractivity (Wildman–Crippen MR) is 65.3 cm³/mol. The minimum Gasteiger partial charge on any atom is -0.345 e. The van der Waals surface area contributed by atoms with E-state index in [2.05, 4.69) is 16.9 Å². The van der Waals surface area contributed by atoms with Crippen molar-refractivity contribution in [1.29, 1.82) is 0 Å². The van der Waals surface area contributed by atoms with Gasteiger partial charge in [-0.15, -0.1) is 0 Å². The summed E-state index contributed by atoms with van der Waals surface area (Å²) in [6, 6.07) is 0. The van der Waals surface area contributed by atoms with E-state index in [1.807, 2.05) is 18.0 Å². The summed E-state index contributed by atoms with van der Waals surface area (Å²) in [5.41, 5.74) is 7.10. The van der Waals surface area contributed by atoms with E-state index in [9.17, 15) is 0 Å². The monoisotopic (exact) mass is 225 g/mol. The van der Waals surface area contributed by atoms with Crippen molar-refractivity contribution in [2.24, 2.45) is 5.73 Å². The van der Waals surface area contributed by atoms with E-state index in [0.717, 1.165) is 12.2 Å². The van der Waals surface area contributed by atoms with E-state index < -0.39 is 0 Å². The van der Waals surface area contributed by atoms with E-state index in [4.69, 9.17) is 5.73 Å². The third kappa shape index (κ3) is 2.37. The number of hydrogen-bond donors (Lipinski definition) is 2. The van der Waals surface area contributed by atoms with E-state index >= 15 is 0 Å². The Hall–Kier alpha value is -0.480. The highest BCUT2D eigenvalue weighted by molar-refractivity contribution is 7.99. The number of nitrogens with zero attached hydrogens (tertiary/aromatic N) is 1. The summed E-state index contributed by atoms with van der Waals surface area (Å²) in [7, 11) is 0. The molecule has 1 fully saturated rings. The lowest BCUT2D eigenvalue weighted by atomic mass is 9.84. The van der Waals surface area contributed by atoms with Gasteiger partial charge < -0.3 is 10.7 Å². The van der Waals surface area contributed by atoms with Crippen LogP contribution in [0, 0.1) is 0 Å². The molecule has 3 nitrogen and oxygen atoms in total. The predicted octanol–water partition coefficient (Wildman–Crippen LogP) is 1.70. The first kappa shape index (κ1) is 11.0. The SMILES string of the molecule is CC1(c2cnc(CCN)[nH]2)CCCSC1. The zero-order valence-electron chi connectivity index (χ0n) is 9.25. The fraction of sp³-hybridized carbons (Fsp3) is 0.727. The van der Waals surface area contributed by atoms with Crippen molar-refractivity contribution in [3.63, 3.8) is 0 Å². The molecular formula is C11H19N3S. The summed E-state index contributed by atoms with van der Waals surface area (Å²) in [5, 5.41) is 0. The highest BCUT2D eigenvalue weighted by Gasteiger charge is 2.30. The van der Waals surface area contributed by atoms with Crippen molar-refractivity contribution in [2.45, 2.75) is 31.6 Å². The molecule has 1 saturated heterocycles. The largest absolute Gasteiger partial charge is 0.345 e. The second kappa shape index (κ2) is 4.58. The Morgan fingerprint density at radius 2 is 2.53 bits per heavy atom.